The van der Waals surface area contributed by atoms with E-state index in [1.807, 2.05) is 7.11 Å². The van der Waals surface area contributed by atoms with E-state index in [0.717, 1.165) is 12.3 Å². The van der Waals surface area contributed by atoms with Crippen molar-refractivity contribution < 1.29 is 4.43 Å². The monoisotopic (exact) mass is 215 g/mol. The van der Waals surface area contributed by atoms with Crippen LogP contribution >= 0.6 is 0 Å². The molecule has 1 unspecified atom stereocenters. The van der Waals surface area contributed by atoms with Crippen molar-refractivity contribution in [2.24, 2.45) is 10.9 Å². The molecule has 0 aromatic heterocycles. The van der Waals surface area contributed by atoms with Crippen LogP contribution in [0, 0.1) is 5.92 Å². The lowest BCUT2D eigenvalue weighted by molar-refractivity contribution is 0.438. The number of hydrogen-bond acceptors (Lipinski definition) is 2. The summed E-state index contributed by atoms with van der Waals surface area (Å²) in [6.07, 6.45) is 2.32. The van der Waals surface area contributed by atoms with Crippen molar-refractivity contribution in [3.05, 3.63) is 0 Å². The molecule has 0 aliphatic heterocycles. The molecule has 3 heteroatoms. The Morgan fingerprint density at radius 3 is 2.50 bits per heavy atom. The largest absolute Gasteiger partial charge is 0.427 e. The Balaban J connectivity index is 3.71. The van der Waals surface area contributed by atoms with Gasteiger partial charge in [-0.15, -0.1) is 0 Å². The zero-order valence-corrected chi connectivity index (χ0v) is 11.8. The molecule has 0 saturated heterocycles. The second-order valence-corrected chi connectivity index (χ2v) is 6.14. The first-order valence-electron chi connectivity index (χ1n) is 5.58. The van der Waals surface area contributed by atoms with E-state index in [-0.39, 0.29) is 9.76 Å². The minimum atomic E-state index is -0.246. The van der Waals surface area contributed by atoms with Gasteiger partial charge in [-0.2, -0.15) is 0 Å². The summed E-state index contributed by atoms with van der Waals surface area (Å²) in [5, 5.41) is 0. The third-order valence-corrected chi connectivity index (χ3v) is 3.22. The van der Waals surface area contributed by atoms with Crippen LogP contribution in [0.4, 0.5) is 0 Å². The minimum Gasteiger partial charge on any atom is -0.427 e. The molecule has 0 bridgehead atoms. The van der Waals surface area contributed by atoms with Gasteiger partial charge in [0.25, 0.3) is 0 Å². The molecular formula is C11H25NOSi. The topological polar surface area (TPSA) is 21.6 Å². The first-order chi connectivity index (χ1) is 6.56. The highest BCUT2D eigenvalue weighted by Crippen LogP contribution is 2.06. The Bertz CT molecular complexity index is 169. The smallest absolute Gasteiger partial charge is 0.161 e. The van der Waals surface area contributed by atoms with Crippen molar-refractivity contribution >= 4 is 15.5 Å². The maximum atomic E-state index is 5.15. The lowest BCUT2D eigenvalue weighted by atomic mass is 10.1. The van der Waals surface area contributed by atoms with E-state index in [0.29, 0.717) is 6.04 Å². The first kappa shape index (κ1) is 13.8. The van der Waals surface area contributed by atoms with Crippen molar-refractivity contribution in [2.45, 2.75) is 52.6 Å². The highest BCUT2D eigenvalue weighted by Gasteiger charge is 2.02. The fourth-order valence-corrected chi connectivity index (χ4v) is 2.65. The van der Waals surface area contributed by atoms with Crippen LogP contribution in [-0.2, 0) is 4.43 Å². The molecular weight excluding hydrogens is 190 g/mol. The summed E-state index contributed by atoms with van der Waals surface area (Å²) in [6.45, 7) is 8.82. The quantitative estimate of drug-likeness (QED) is 0.363. The van der Waals surface area contributed by atoms with Crippen LogP contribution in [0.15, 0.2) is 4.99 Å². The molecule has 84 valence electrons. The van der Waals surface area contributed by atoms with E-state index in [9.17, 15) is 0 Å². The number of rotatable bonds is 7. The van der Waals surface area contributed by atoms with Gasteiger partial charge in [-0.05, 0) is 38.7 Å². The molecule has 0 amide bonds. The molecule has 0 fully saturated rings. The first-order valence-corrected chi connectivity index (χ1v) is 7.16. The fourth-order valence-electron chi connectivity index (χ4n) is 1.61. The average Bonchev–Trinajstić information content (AvgIpc) is 2.02. The van der Waals surface area contributed by atoms with Gasteiger partial charge >= 0.3 is 0 Å². The van der Waals surface area contributed by atoms with E-state index in [1.54, 1.807) is 0 Å². The van der Waals surface area contributed by atoms with Crippen LogP contribution in [0.5, 0.6) is 0 Å². The lowest BCUT2D eigenvalue weighted by Gasteiger charge is -2.09. The summed E-state index contributed by atoms with van der Waals surface area (Å²) in [5.74, 6) is 0.722. The summed E-state index contributed by atoms with van der Waals surface area (Å²) in [5.41, 5.74) is 1.30. The second kappa shape index (κ2) is 8.18. The summed E-state index contributed by atoms with van der Waals surface area (Å²) >= 11 is 0. The molecule has 0 radical (unpaired) electrons. The van der Waals surface area contributed by atoms with Gasteiger partial charge in [-0.25, -0.2) is 0 Å². The Kier molecular flexibility index (Phi) is 8.09. The molecule has 0 rings (SSSR count). The van der Waals surface area contributed by atoms with Gasteiger partial charge in [0.15, 0.2) is 9.76 Å². The van der Waals surface area contributed by atoms with Crippen LogP contribution in [0.3, 0.4) is 0 Å². The predicted octanol–water partition coefficient (Wildman–Crippen LogP) is 2.42. The standard InChI is InChI=1S/C11H25NOSi/c1-9(2)8-11(4)12-10(3)6-7-14-13-5/h9-10H,6-8,14H2,1-5H3. The van der Waals surface area contributed by atoms with E-state index < -0.39 is 0 Å². The summed E-state index contributed by atoms with van der Waals surface area (Å²) in [6, 6.07) is 1.73. The van der Waals surface area contributed by atoms with Gasteiger partial charge in [-0.1, -0.05) is 13.8 Å². The van der Waals surface area contributed by atoms with Gasteiger partial charge in [0.1, 0.15) is 0 Å². The van der Waals surface area contributed by atoms with Gasteiger partial charge in [0, 0.05) is 18.9 Å². The molecule has 0 spiro atoms. The molecule has 14 heavy (non-hydrogen) atoms. The molecule has 0 heterocycles. The van der Waals surface area contributed by atoms with E-state index in [1.165, 1.54) is 18.2 Å². The molecule has 0 aromatic carbocycles. The molecule has 0 aliphatic rings. The van der Waals surface area contributed by atoms with Crippen LogP contribution in [0.1, 0.15) is 40.5 Å². The van der Waals surface area contributed by atoms with Crippen LogP contribution in [-0.4, -0.2) is 28.6 Å². The number of hydrogen-bond donors (Lipinski definition) is 0. The third kappa shape index (κ3) is 8.45. The molecule has 0 saturated carbocycles. The van der Waals surface area contributed by atoms with Crippen molar-refractivity contribution in [3.8, 4) is 0 Å². The zero-order chi connectivity index (χ0) is 11.0. The number of aliphatic imine (C=N–C) groups is 1. The van der Waals surface area contributed by atoms with Gasteiger partial charge in [-0.3, -0.25) is 4.99 Å². The predicted molar refractivity (Wildman–Crippen MR) is 67.0 cm³/mol. The van der Waals surface area contributed by atoms with Crippen molar-refractivity contribution in [2.75, 3.05) is 7.11 Å². The SMILES string of the molecule is CO[SiH2]CCC(C)N=C(C)CC(C)C. The van der Waals surface area contributed by atoms with Crippen molar-refractivity contribution in [1.82, 2.24) is 0 Å². The second-order valence-electron chi connectivity index (χ2n) is 4.45. The van der Waals surface area contributed by atoms with Crippen LogP contribution in [0.25, 0.3) is 0 Å². The van der Waals surface area contributed by atoms with E-state index in [2.05, 4.69) is 32.7 Å². The Morgan fingerprint density at radius 1 is 1.36 bits per heavy atom. The minimum absolute atomic E-state index is 0.246. The maximum Gasteiger partial charge on any atom is 0.161 e. The lowest BCUT2D eigenvalue weighted by Crippen LogP contribution is -2.07. The Morgan fingerprint density at radius 2 is 2.00 bits per heavy atom. The number of nitrogens with zero attached hydrogens (tertiary/aromatic N) is 1. The molecule has 0 aromatic rings. The average molecular weight is 215 g/mol. The molecule has 2 nitrogen and oxygen atoms in total. The van der Waals surface area contributed by atoms with Crippen LogP contribution in [0.2, 0.25) is 6.04 Å². The summed E-state index contributed by atoms with van der Waals surface area (Å²) < 4.78 is 5.15. The summed E-state index contributed by atoms with van der Waals surface area (Å²) in [7, 11) is 1.56. The Labute approximate surface area is 91.1 Å². The normalized spacial score (nSPS) is 15.7. The van der Waals surface area contributed by atoms with Gasteiger partial charge < -0.3 is 4.43 Å². The van der Waals surface area contributed by atoms with Gasteiger partial charge in [0.05, 0.1) is 0 Å². The Hall–Kier alpha value is -0.153. The van der Waals surface area contributed by atoms with Crippen LogP contribution < -0.4 is 0 Å². The van der Waals surface area contributed by atoms with Crippen molar-refractivity contribution in [3.63, 3.8) is 0 Å². The fraction of sp³-hybridized carbons (Fsp3) is 0.909. The summed E-state index contributed by atoms with van der Waals surface area (Å²) in [4.78, 5) is 4.67. The zero-order valence-electron chi connectivity index (χ0n) is 10.3. The third-order valence-electron chi connectivity index (χ3n) is 2.11. The highest BCUT2D eigenvalue weighted by atomic mass is 28.2. The maximum absolute atomic E-state index is 5.15. The van der Waals surface area contributed by atoms with Crippen molar-refractivity contribution in [1.29, 1.82) is 0 Å². The molecule has 1 atom stereocenters. The van der Waals surface area contributed by atoms with E-state index >= 15 is 0 Å². The highest BCUT2D eigenvalue weighted by molar-refractivity contribution is 6.26. The van der Waals surface area contributed by atoms with Gasteiger partial charge in [0.2, 0.25) is 0 Å². The molecule has 0 aliphatic carbocycles. The van der Waals surface area contributed by atoms with E-state index in [4.69, 9.17) is 4.43 Å². The molecule has 0 N–H and O–H groups in total.